The molecule has 0 bridgehead atoms. The van der Waals surface area contributed by atoms with E-state index in [1.807, 2.05) is 12.1 Å². The first-order valence-corrected chi connectivity index (χ1v) is 5.86. The molecule has 2 aromatic heterocycles. The molecule has 0 fully saturated rings. The minimum absolute atomic E-state index is 0.0916. The van der Waals surface area contributed by atoms with Crippen LogP contribution in [0.5, 0.6) is 0 Å². The predicted molar refractivity (Wildman–Crippen MR) is 62.9 cm³/mol. The highest BCUT2D eigenvalue weighted by atomic mass is 35.5. The SMILES string of the molecule is O=C(O)CCc1[nH]ncc1-c1ccc(Cl)s1. The number of carbonyl (C=O) groups is 1. The molecular weight excluding hydrogens is 248 g/mol. The fourth-order valence-electron chi connectivity index (χ4n) is 1.41. The van der Waals surface area contributed by atoms with Crippen molar-refractivity contribution in [1.29, 1.82) is 0 Å². The van der Waals surface area contributed by atoms with E-state index in [9.17, 15) is 4.79 Å². The maximum Gasteiger partial charge on any atom is 0.303 e. The van der Waals surface area contributed by atoms with Crippen molar-refractivity contribution < 1.29 is 9.90 Å². The Bertz CT molecular complexity index is 506. The van der Waals surface area contributed by atoms with Gasteiger partial charge in [-0.25, -0.2) is 0 Å². The summed E-state index contributed by atoms with van der Waals surface area (Å²) in [6.07, 6.45) is 2.23. The average Bonchev–Trinajstić information content (AvgIpc) is 2.82. The molecule has 0 atom stereocenters. The molecule has 6 heteroatoms. The van der Waals surface area contributed by atoms with Crippen LogP contribution in [0.3, 0.4) is 0 Å². The zero-order chi connectivity index (χ0) is 11.5. The standard InChI is InChI=1S/C10H9ClN2O2S/c11-9-3-2-8(16-9)6-5-12-13-7(6)1-4-10(14)15/h2-3,5H,1,4H2,(H,12,13)(H,14,15). The second-order valence-electron chi connectivity index (χ2n) is 3.26. The van der Waals surface area contributed by atoms with Crippen molar-refractivity contribution in [2.24, 2.45) is 0 Å². The van der Waals surface area contributed by atoms with Crippen LogP contribution in [-0.2, 0) is 11.2 Å². The van der Waals surface area contributed by atoms with E-state index in [2.05, 4.69) is 10.2 Å². The van der Waals surface area contributed by atoms with Gasteiger partial charge in [0, 0.05) is 22.6 Å². The van der Waals surface area contributed by atoms with Crippen molar-refractivity contribution >= 4 is 28.9 Å². The van der Waals surface area contributed by atoms with Crippen LogP contribution in [0.4, 0.5) is 0 Å². The molecular formula is C10H9ClN2O2S. The first-order valence-electron chi connectivity index (χ1n) is 4.66. The summed E-state index contributed by atoms with van der Waals surface area (Å²) in [5, 5.41) is 15.4. The number of thiophene rings is 1. The van der Waals surface area contributed by atoms with Crippen LogP contribution in [0.1, 0.15) is 12.1 Å². The summed E-state index contributed by atoms with van der Waals surface area (Å²) in [5.74, 6) is -0.815. The number of H-pyrrole nitrogens is 1. The minimum Gasteiger partial charge on any atom is -0.481 e. The topological polar surface area (TPSA) is 66.0 Å². The number of aliphatic carboxylic acids is 1. The molecule has 0 amide bonds. The smallest absolute Gasteiger partial charge is 0.303 e. The quantitative estimate of drug-likeness (QED) is 0.884. The molecule has 2 heterocycles. The normalized spacial score (nSPS) is 10.6. The van der Waals surface area contributed by atoms with Gasteiger partial charge in [0.25, 0.3) is 0 Å². The summed E-state index contributed by atoms with van der Waals surface area (Å²) in [6.45, 7) is 0. The van der Waals surface area contributed by atoms with E-state index >= 15 is 0 Å². The second-order valence-corrected chi connectivity index (χ2v) is 4.97. The number of halogens is 1. The summed E-state index contributed by atoms with van der Waals surface area (Å²) in [6, 6.07) is 3.72. The number of nitrogens with zero attached hydrogens (tertiary/aromatic N) is 1. The van der Waals surface area contributed by atoms with Crippen LogP contribution in [0, 0.1) is 0 Å². The van der Waals surface area contributed by atoms with Crippen molar-refractivity contribution in [1.82, 2.24) is 10.2 Å². The van der Waals surface area contributed by atoms with Gasteiger partial charge in [-0.1, -0.05) is 11.6 Å². The van der Waals surface area contributed by atoms with Crippen LogP contribution in [-0.4, -0.2) is 21.3 Å². The molecule has 4 nitrogen and oxygen atoms in total. The highest BCUT2D eigenvalue weighted by Gasteiger charge is 2.10. The lowest BCUT2D eigenvalue weighted by molar-refractivity contribution is -0.136. The number of hydrogen-bond acceptors (Lipinski definition) is 3. The molecule has 0 saturated heterocycles. The van der Waals surface area contributed by atoms with E-state index in [1.54, 1.807) is 6.20 Å². The first-order chi connectivity index (χ1) is 7.66. The van der Waals surface area contributed by atoms with Crippen LogP contribution in [0.15, 0.2) is 18.3 Å². The zero-order valence-corrected chi connectivity index (χ0v) is 9.81. The van der Waals surface area contributed by atoms with Crippen molar-refractivity contribution in [3.8, 4) is 10.4 Å². The fraction of sp³-hybridized carbons (Fsp3) is 0.200. The van der Waals surface area contributed by atoms with Gasteiger partial charge in [0.1, 0.15) is 0 Å². The van der Waals surface area contributed by atoms with Gasteiger partial charge < -0.3 is 5.11 Å². The molecule has 2 aromatic rings. The highest BCUT2D eigenvalue weighted by molar-refractivity contribution is 7.19. The third kappa shape index (κ3) is 2.43. The molecule has 0 aliphatic rings. The molecule has 0 aromatic carbocycles. The van der Waals surface area contributed by atoms with E-state index in [0.717, 1.165) is 16.1 Å². The predicted octanol–water partition coefficient (Wildman–Crippen LogP) is 2.81. The Morgan fingerprint density at radius 3 is 3.00 bits per heavy atom. The molecule has 0 spiro atoms. The molecule has 0 saturated carbocycles. The Kier molecular flexibility index (Phi) is 3.26. The largest absolute Gasteiger partial charge is 0.481 e. The van der Waals surface area contributed by atoms with E-state index in [-0.39, 0.29) is 6.42 Å². The van der Waals surface area contributed by atoms with Gasteiger partial charge in [0.15, 0.2) is 0 Å². The number of rotatable bonds is 4. The number of aryl methyl sites for hydroxylation is 1. The molecule has 2 rings (SSSR count). The number of hydrogen-bond donors (Lipinski definition) is 2. The van der Waals surface area contributed by atoms with Crippen LogP contribution >= 0.6 is 22.9 Å². The lowest BCUT2D eigenvalue weighted by Gasteiger charge is -1.98. The molecule has 0 unspecified atom stereocenters. The number of aromatic amines is 1. The summed E-state index contributed by atoms with van der Waals surface area (Å²) in [4.78, 5) is 11.5. The van der Waals surface area contributed by atoms with Gasteiger partial charge in [-0.3, -0.25) is 9.89 Å². The Morgan fingerprint density at radius 2 is 2.38 bits per heavy atom. The molecule has 0 radical (unpaired) electrons. The third-order valence-electron chi connectivity index (χ3n) is 2.15. The van der Waals surface area contributed by atoms with E-state index in [0.29, 0.717) is 10.8 Å². The second kappa shape index (κ2) is 4.67. The minimum atomic E-state index is -0.815. The van der Waals surface area contributed by atoms with Gasteiger partial charge in [0.2, 0.25) is 0 Å². The van der Waals surface area contributed by atoms with Gasteiger partial charge >= 0.3 is 5.97 Å². The zero-order valence-electron chi connectivity index (χ0n) is 8.24. The van der Waals surface area contributed by atoms with Gasteiger partial charge in [-0.2, -0.15) is 5.10 Å². The van der Waals surface area contributed by atoms with Crippen LogP contribution < -0.4 is 0 Å². The van der Waals surface area contributed by atoms with Gasteiger partial charge in [-0.05, 0) is 12.1 Å². The summed E-state index contributed by atoms with van der Waals surface area (Å²) in [7, 11) is 0. The number of carboxylic acids is 1. The molecule has 0 aliphatic carbocycles. The van der Waals surface area contributed by atoms with Crippen molar-refractivity contribution in [2.75, 3.05) is 0 Å². The van der Waals surface area contributed by atoms with Crippen molar-refractivity contribution in [2.45, 2.75) is 12.8 Å². The van der Waals surface area contributed by atoms with E-state index < -0.39 is 5.97 Å². The third-order valence-corrected chi connectivity index (χ3v) is 3.41. The van der Waals surface area contributed by atoms with Crippen molar-refractivity contribution in [3.63, 3.8) is 0 Å². The van der Waals surface area contributed by atoms with Crippen molar-refractivity contribution in [3.05, 3.63) is 28.4 Å². The summed E-state index contributed by atoms with van der Waals surface area (Å²) >= 11 is 7.30. The monoisotopic (exact) mass is 256 g/mol. The van der Waals surface area contributed by atoms with E-state index in [4.69, 9.17) is 16.7 Å². The number of aromatic nitrogens is 2. The molecule has 16 heavy (non-hydrogen) atoms. The van der Waals surface area contributed by atoms with Crippen LogP contribution in [0.2, 0.25) is 4.34 Å². The average molecular weight is 257 g/mol. The lowest BCUT2D eigenvalue weighted by atomic mass is 10.1. The van der Waals surface area contributed by atoms with Crippen LogP contribution in [0.25, 0.3) is 10.4 Å². The Balaban J connectivity index is 2.22. The maximum atomic E-state index is 10.5. The van der Waals surface area contributed by atoms with E-state index in [1.165, 1.54) is 11.3 Å². The summed E-state index contributed by atoms with van der Waals surface area (Å²) in [5.41, 5.74) is 1.76. The van der Waals surface area contributed by atoms with Gasteiger partial charge in [-0.15, -0.1) is 11.3 Å². The summed E-state index contributed by atoms with van der Waals surface area (Å²) < 4.78 is 0.709. The van der Waals surface area contributed by atoms with Gasteiger partial charge in [0.05, 0.1) is 17.0 Å². The Labute approximate surface area is 101 Å². The molecule has 84 valence electrons. The molecule has 0 aliphatic heterocycles. The first kappa shape index (κ1) is 11.2. The lowest BCUT2D eigenvalue weighted by Crippen LogP contribution is -1.98. The Hall–Kier alpha value is -1.33. The maximum absolute atomic E-state index is 10.5. The Morgan fingerprint density at radius 1 is 1.56 bits per heavy atom. The fourth-order valence-corrected chi connectivity index (χ4v) is 2.49. The highest BCUT2D eigenvalue weighted by Crippen LogP contribution is 2.32. The molecule has 2 N–H and O–H groups in total. The number of carboxylic acid groups (broad SMARTS) is 1. The number of nitrogens with one attached hydrogen (secondary N) is 1.